The van der Waals surface area contributed by atoms with Crippen molar-refractivity contribution in [2.75, 3.05) is 0 Å². The van der Waals surface area contributed by atoms with E-state index in [0.717, 1.165) is 102 Å². The third kappa shape index (κ3) is 6.09. The number of rotatable bonds is 4. The molecular weight excluding hydrogens is 720 g/mol. The molecule has 7 aromatic rings. The van der Waals surface area contributed by atoms with Gasteiger partial charge in [-0.1, -0.05) is 132 Å². The topological polar surface area (TPSA) is 55.8 Å². The van der Waals surface area contributed by atoms with Crippen molar-refractivity contribution in [3.8, 4) is 39.1 Å². The summed E-state index contributed by atoms with van der Waals surface area (Å²) in [4.78, 5) is 12.0. The largest absolute Gasteiger partial charge is 0.527 e. The first-order valence-electron chi connectivity index (χ1n) is 20.8. The van der Waals surface area contributed by atoms with Gasteiger partial charge in [0.05, 0.1) is 6.10 Å². The molecule has 0 radical (unpaired) electrons. The lowest BCUT2D eigenvalue weighted by Gasteiger charge is -2.43. The number of benzene rings is 7. The van der Waals surface area contributed by atoms with Gasteiger partial charge in [0.15, 0.2) is 0 Å². The van der Waals surface area contributed by atoms with Gasteiger partial charge < -0.3 is 4.52 Å². The summed E-state index contributed by atoms with van der Waals surface area (Å²) < 4.78 is 27.9. The van der Waals surface area contributed by atoms with Crippen LogP contribution in [-0.4, -0.2) is 11.0 Å². The Morgan fingerprint density at radius 3 is 1.91 bits per heavy atom. The molecule has 4 atom stereocenters. The monoisotopic (exact) mass is 764 g/mol. The molecule has 0 spiro atoms. The first kappa shape index (κ1) is 35.0. The summed E-state index contributed by atoms with van der Waals surface area (Å²) in [6.07, 6.45) is 8.64. The molecule has 4 aliphatic rings. The second-order valence-electron chi connectivity index (χ2n) is 16.5. The van der Waals surface area contributed by atoms with Crippen molar-refractivity contribution in [2.24, 2.45) is 0 Å². The molecule has 57 heavy (non-hydrogen) atoms. The highest BCUT2D eigenvalue weighted by Crippen LogP contribution is 2.64. The zero-order chi connectivity index (χ0) is 38.1. The van der Waals surface area contributed by atoms with Crippen molar-refractivity contribution in [1.29, 1.82) is 0 Å². The predicted molar refractivity (Wildman–Crippen MR) is 232 cm³/mol. The van der Waals surface area contributed by atoms with Crippen LogP contribution in [0.25, 0.3) is 54.9 Å². The van der Waals surface area contributed by atoms with Crippen molar-refractivity contribution < 1.29 is 18.5 Å². The average Bonchev–Trinajstić information content (AvgIpc) is 3.39. The van der Waals surface area contributed by atoms with Gasteiger partial charge in [-0.15, -0.1) is 0 Å². The lowest BCUT2D eigenvalue weighted by Crippen LogP contribution is -2.35. The lowest BCUT2D eigenvalue weighted by molar-refractivity contribution is 0.103. The second kappa shape index (κ2) is 14.0. The molecule has 0 fully saturated rings. The number of hydrogen-bond donors (Lipinski definition) is 1. The summed E-state index contributed by atoms with van der Waals surface area (Å²) in [7, 11) is -4.60. The Balaban J connectivity index is 1.14. The Kier molecular flexibility index (Phi) is 8.58. The Morgan fingerprint density at radius 2 is 1.16 bits per heavy atom. The van der Waals surface area contributed by atoms with E-state index in [2.05, 4.69) is 140 Å². The van der Waals surface area contributed by atoms with E-state index in [0.29, 0.717) is 5.75 Å². The zero-order valence-electron chi connectivity index (χ0n) is 32.0. The van der Waals surface area contributed by atoms with Crippen LogP contribution >= 0.6 is 7.82 Å². The van der Waals surface area contributed by atoms with Crippen LogP contribution in [0.4, 0.5) is 0 Å². The number of phosphoric acid groups is 1. The highest BCUT2D eigenvalue weighted by atomic mass is 31.2. The zero-order valence-corrected chi connectivity index (χ0v) is 32.9. The number of phosphoric ester groups is 1. The van der Waals surface area contributed by atoms with Gasteiger partial charge in [0.2, 0.25) is 0 Å². The summed E-state index contributed by atoms with van der Waals surface area (Å²) in [5.41, 5.74) is 14.1. The molecule has 5 heteroatoms. The van der Waals surface area contributed by atoms with Crippen LogP contribution in [0, 0.1) is 0 Å². The molecule has 1 N–H and O–H groups in total. The lowest BCUT2D eigenvalue weighted by atomic mass is 9.63. The van der Waals surface area contributed by atoms with E-state index < -0.39 is 13.9 Å². The second-order valence-corrected chi connectivity index (χ2v) is 17.9. The molecule has 7 aromatic carbocycles. The van der Waals surface area contributed by atoms with Gasteiger partial charge in [0.1, 0.15) is 5.75 Å². The molecule has 11 rings (SSSR count). The average molecular weight is 765 g/mol. The summed E-state index contributed by atoms with van der Waals surface area (Å²) in [5, 5.41) is 4.77. The molecule has 0 amide bonds. The van der Waals surface area contributed by atoms with Crippen molar-refractivity contribution in [3.63, 3.8) is 0 Å². The SMILES string of the molecule is O=P1(O)Oc2c(-c3ccccc3-c3ccc4ccccc4c3)cc3c(c2[C@H]2C4=C(CCCC4)CC(c4ccccc4-c4ccc5ccccc5c4)[C@H]2O1)CCCC3. The van der Waals surface area contributed by atoms with Gasteiger partial charge in [-0.3, -0.25) is 9.42 Å². The number of allylic oxidation sites excluding steroid dienone is 1. The smallest absolute Gasteiger partial charge is 0.403 e. The van der Waals surface area contributed by atoms with Gasteiger partial charge in [-0.25, -0.2) is 4.57 Å². The molecule has 0 saturated carbocycles. The predicted octanol–water partition coefficient (Wildman–Crippen LogP) is 13.9. The van der Waals surface area contributed by atoms with E-state index in [-0.39, 0.29) is 11.8 Å². The van der Waals surface area contributed by atoms with Crippen LogP contribution in [0.15, 0.2) is 151 Å². The highest BCUT2D eigenvalue weighted by Gasteiger charge is 2.50. The summed E-state index contributed by atoms with van der Waals surface area (Å²) in [5.74, 6) is 0.196. The van der Waals surface area contributed by atoms with E-state index in [9.17, 15) is 9.46 Å². The third-order valence-corrected chi connectivity index (χ3v) is 14.2. The van der Waals surface area contributed by atoms with Crippen LogP contribution in [0.2, 0.25) is 0 Å². The fourth-order valence-corrected chi connectivity index (χ4v) is 11.8. The summed E-state index contributed by atoms with van der Waals surface area (Å²) in [6, 6.07) is 49.7. The molecule has 0 aromatic heterocycles. The quantitative estimate of drug-likeness (QED) is 0.143. The van der Waals surface area contributed by atoms with Crippen LogP contribution in [0.5, 0.6) is 5.75 Å². The fraction of sp³-hybridized carbons (Fsp3) is 0.231. The summed E-state index contributed by atoms with van der Waals surface area (Å²) >= 11 is 0. The molecule has 4 nitrogen and oxygen atoms in total. The van der Waals surface area contributed by atoms with Gasteiger partial charge >= 0.3 is 7.82 Å². The van der Waals surface area contributed by atoms with Crippen LogP contribution in [0.1, 0.15) is 79.0 Å². The number of fused-ring (bicyclic) bond motifs is 8. The molecule has 0 saturated heterocycles. The molecule has 1 heterocycles. The first-order valence-corrected chi connectivity index (χ1v) is 22.3. The van der Waals surface area contributed by atoms with Crippen molar-refractivity contribution in [3.05, 3.63) is 173 Å². The van der Waals surface area contributed by atoms with Crippen LogP contribution in [0.3, 0.4) is 0 Å². The van der Waals surface area contributed by atoms with Crippen molar-refractivity contribution in [1.82, 2.24) is 0 Å². The Hall–Kier alpha value is -5.25. The molecule has 282 valence electrons. The maximum absolute atomic E-state index is 14.7. The summed E-state index contributed by atoms with van der Waals surface area (Å²) in [6.45, 7) is 0. The van der Waals surface area contributed by atoms with E-state index in [1.807, 2.05) is 0 Å². The van der Waals surface area contributed by atoms with Gasteiger partial charge in [0, 0.05) is 23.0 Å². The Labute approximate surface area is 334 Å². The Morgan fingerprint density at radius 1 is 0.561 bits per heavy atom. The fourth-order valence-electron chi connectivity index (χ4n) is 10.8. The Bertz CT molecular complexity index is 2820. The maximum Gasteiger partial charge on any atom is 0.527 e. The van der Waals surface area contributed by atoms with Gasteiger partial charge in [-0.05, 0) is 142 Å². The van der Waals surface area contributed by atoms with Gasteiger partial charge in [-0.2, -0.15) is 0 Å². The minimum atomic E-state index is -4.60. The van der Waals surface area contributed by atoms with Gasteiger partial charge in [0.25, 0.3) is 0 Å². The third-order valence-electron chi connectivity index (χ3n) is 13.3. The van der Waals surface area contributed by atoms with E-state index >= 15 is 0 Å². The first-order chi connectivity index (χ1) is 28.0. The van der Waals surface area contributed by atoms with Crippen LogP contribution in [-0.2, 0) is 21.9 Å². The van der Waals surface area contributed by atoms with E-state index in [1.165, 1.54) is 43.8 Å². The maximum atomic E-state index is 14.7. The van der Waals surface area contributed by atoms with Crippen molar-refractivity contribution in [2.45, 2.75) is 75.7 Å². The molecule has 3 aliphatic carbocycles. The van der Waals surface area contributed by atoms with E-state index in [1.54, 1.807) is 0 Å². The van der Waals surface area contributed by atoms with E-state index in [4.69, 9.17) is 9.05 Å². The molecular formula is C52H45O4P. The number of hydrogen-bond acceptors (Lipinski definition) is 3. The van der Waals surface area contributed by atoms with Crippen LogP contribution < -0.4 is 4.52 Å². The minimum Gasteiger partial charge on any atom is -0.403 e. The normalized spacial score (nSPS) is 22.9. The number of aryl methyl sites for hydroxylation is 1. The molecule has 1 aliphatic heterocycles. The minimum absolute atomic E-state index is 0.141. The molecule has 2 unspecified atom stereocenters. The molecule has 0 bridgehead atoms. The van der Waals surface area contributed by atoms with Crippen molar-refractivity contribution >= 4 is 29.4 Å². The highest BCUT2D eigenvalue weighted by molar-refractivity contribution is 7.47. The standard InChI is InChI=1S/C52H45O4P/c53-57(54)55-51-47(45-23-11-9-19-41(45)39-27-25-33-13-1-3-15-35(33)29-39)31-37-17-5-7-21-43(37)49(51)50-44-22-8-6-18-38(44)32-48(52(50)56-57)46-24-12-10-20-42(46)40-28-26-34-14-2-4-16-36(34)30-40/h1-4,9-16,19-20,23-31,48,50,52H,5-8,17-18,21-22,32H2,(H,53,54)/t48?,50-,52-/m1/s1.